The van der Waals surface area contributed by atoms with Crippen LogP contribution < -0.4 is 5.73 Å². The molecule has 0 saturated heterocycles. The molecule has 0 fully saturated rings. The molecule has 0 amide bonds. The second kappa shape index (κ2) is 4.47. The average Bonchev–Trinajstić information content (AvgIpc) is 2.29. The molecular weight excluding hydrogens is 221 g/mol. The van der Waals surface area contributed by atoms with Crippen LogP contribution in [-0.4, -0.2) is 15.1 Å². The van der Waals surface area contributed by atoms with E-state index in [9.17, 15) is 9.50 Å². The van der Waals surface area contributed by atoms with E-state index in [0.717, 1.165) is 11.8 Å². The Balaban J connectivity index is 2.51. The predicted molar refractivity (Wildman–Crippen MR) is 61.6 cm³/mol. The highest BCUT2D eigenvalue weighted by molar-refractivity contribution is 5.48. The van der Waals surface area contributed by atoms with Gasteiger partial charge in [0.2, 0.25) is 0 Å². The zero-order valence-corrected chi connectivity index (χ0v) is 9.26. The molecule has 1 unspecified atom stereocenters. The highest BCUT2D eigenvalue weighted by Gasteiger charge is 2.19. The number of nitrogens with two attached hydrogens (primary N) is 1. The Morgan fingerprint density at radius 1 is 1.35 bits per heavy atom. The van der Waals surface area contributed by atoms with Crippen LogP contribution in [0.1, 0.15) is 22.8 Å². The number of hydrogen-bond donors (Lipinski definition) is 2. The van der Waals surface area contributed by atoms with Crippen LogP contribution in [0.25, 0.3) is 0 Å². The fourth-order valence-corrected chi connectivity index (χ4v) is 1.71. The third kappa shape index (κ3) is 2.09. The Morgan fingerprint density at radius 2 is 2.12 bits per heavy atom. The third-order valence-corrected chi connectivity index (χ3v) is 2.61. The van der Waals surface area contributed by atoms with E-state index in [4.69, 9.17) is 5.73 Å². The molecule has 0 bridgehead atoms. The minimum absolute atomic E-state index is 0.141. The van der Waals surface area contributed by atoms with Crippen LogP contribution in [0.4, 0.5) is 10.2 Å². The highest BCUT2D eigenvalue weighted by atomic mass is 19.1. The SMILES string of the molecule is Cc1ccnc(N)c1C(O)c1ccncc1F. The second-order valence-corrected chi connectivity index (χ2v) is 3.73. The van der Waals surface area contributed by atoms with Crippen molar-refractivity contribution in [2.45, 2.75) is 13.0 Å². The molecule has 0 spiro atoms. The maximum absolute atomic E-state index is 13.5. The minimum atomic E-state index is -1.13. The van der Waals surface area contributed by atoms with Gasteiger partial charge >= 0.3 is 0 Å². The number of rotatable bonds is 2. The van der Waals surface area contributed by atoms with Crippen LogP contribution in [0.15, 0.2) is 30.7 Å². The normalized spacial score (nSPS) is 12.4. The van der Waals surface area contributed by atoms with Gasteiger partial charge < -0.3 is 10.8 Å². The van der Waals surface area contributed by atoms with Crippen molar-refractivity contribution in [2.24, 2.45) is 0 Å². The Morgan fingerprint density at radius 3 is 2.76 bits per heavy atom. The molecule has 0 aromatic carbocycles. The first kappa shape index (κ1) is 11.5. The zero-order valence-electron chi connectivity index (χ0n) is 9.26. The van der Waals surface area contributed by atoms with E-state index in [1.165, 1.54) is 12.3 Å². The van der Waals surface area contributed by atoms with E-state index in [-0.39, 0.29) is 11.4 Å². The van der Waals surface area contributed by atoms with Gasteiger partial charge in [-0.2, -0.15) is 0 Å². The van der Waals surface area contributed by atoms with Gasteiger partial charge in [0.05, 0.1) is 6.20 Å². The topological polar surface area (TPSA) is 72.0 Å². The molecule has 0 saturated carbocycles. The molecule has 4 nitrogen and oxygen atoms in total. The maximum atomic E-state index is 13.5. The van der Waals surface area contributed by atoms with Crippen molar-refractivity contribution in [3.8, 4) is 0 Å². The number of pyridine rings is 2. The van der Waals surface area contributed by atoms with Crippen molar-refractivity contribution in [1.82, 2.24) is 9.97 Å². The molecule has 1 atom stereocenters. The van der Waals surface area contributed by atoms with E-state index in [2.05, 4.69) is 9.97 Å². The second-order valence-electron chi connectivity index (χ2n) is 3.73. The fourth-order valence-electron chi connectivity index (χ4n) is 1.71. The smallest absolute Gasteiger partial charge is 0.147 e. The summed E-state index contributed by atoms with van der Waals surface area (Å²) >= 11 is 0. The molecule has 88 valence electrons. The summed E-state index contributed by atoms with van der Waals surface area (Å²) in [5, 5.41) is 10.1. The van der Waals surface area contributed by atoms with Crippen molar-refractivity contribution in [3.05, 3.63) is 53.2 Å². The lowest BCUT2D eigenvalue weighted by molar-refractivity contribution is 0.214. The Labute approximate surface area is 98.0 Å². The summed E-state index contributed by atoms with van der Waals surface area (Å²) in [5.41, 5.74) is 7.04. The average molecular weight is 233 g/mol. The van der Waals surface area contributed by atoms with E-state index >= 15 is 0 Å². The van der Waals surface area contributed by atoms with E-state index in [1.807, 2.05) is 0 Å². The van der Waals surface area contributed by atoms with Crippen molar-refractivity contribution < 1.29 is 9.50 Å². The van der Waals surface area contributed by atoms with Gasteiger partial charge in [-0.3, -0.25) is 4.98 Å². The Kier molecular flexibility index (Phi) is 3.01. The number of anilines is 1. The Bertz CT molecular complexity index is 525. The lowest BCUT2D eigenvalue weighted by Crippen LogP contribution is -2.09. The number of nitrogens with zero attached hydrogens (tertiary/aromatic N) is 2. The highest BCUT2D eigenvalue weighted by Crippen LogP contribution is 2.29. The van der Waals surface area contributed by atoms with Gasteiger partial charge in [0.15, 0.2) is 0 Å². The first-order chi connectivity index (χ1) is 8.11. The van der Waals surface area contributed by atoms with Gasteiger partial charge in [-0.05, 0) is 24.6 Å². The molecular formula is C12H12FN3O. The number of aliphatic hydroxyl groups is 1. The summed E-state index contributed by atoms with van der Waals surface area (Å²) in [6.45, 7) is 1.79. The summed E-state index contributed by atoms with van der Waals surface area (Å²) in [6, 6.07) is 3.14. The van der Waals surface area contributed by atoms with Gasteiger partial charge in [0.1, 0.15) is 17.7 Å². The Hall–Kier alpha value is -2.01. The molecule has 2 rings (SSSR count). The van der Waals surface area contributed by atoms with Crippen LogP contribution in [-0.2, 0) is 0 Å². The van der Waals surface area contributed by atoms with Gasteiger partial charge in [-0.1, -0.05) is 0 Å². The quantitative estimate of drug-likeness (QED) is 0.826. The number of nitrogen functional groups attached to an aromatic ring is 1. The zero-order chi connectivity index (χ0) is 12.4. The van der Waals surface area contributed by atoms with Crippen molar-refractivity contribution in [1.29, 1.82) is 0 Å². The summed E-state index contributed by atoms with van der Waals surface area (Å²) in [7, 11) is 0. The molecule has 2 heterocycles. The molecule has 17 heavy (non-hydrogen) atoms. The molecule has 2 aromatic heterocycles. The molecule has 5 heteroatoms. The predicted octanol–water partition coefficient (Wildman–Crippen LogP) is 1.59. The van der Waals surface area contributed by atoms with Crippen LogP contribution in [0.2, 0.25) is 0 Å². The van der Waals surface area contributed by atoms with Gasteiger partial charge in [0, 0.05) is 23.5 Å². The number of aliphatic hydroxyl groups excluding tert-OH is 1. The van der Waals surface area contributed by atoms with E-state index in [0.29, 0.717) is 5.56 Å². The summed E-state index contributed by atoms with van der Waals surface area (Å²) in [5.74, 6) is -0.364. The van der Waals surface area contributed by atoms with Crippen LogP contribution in [0, 0.1) is 12.7 Å². The molecule has 0 aliphatic rings. The number of aromatic nitrogens is 2. The summed E-state index contributed by atoms with van der Waals surface area (Å²) in [6.07, 6.45) is 2.89. The van der Waals surface area contributed by atoms with E-state index < -0.39 is 11.9 Å². The summed E-state index contributed by atoms with van der Waals surface area (Å²) < 4.78 is 13.5. The van der Waals surface area contributed by atoms with Crippen molar-refractivity contribution >= 4 is 5.82 Å². The maximum Gasteiger partial charge on any atom is 0.147 e. The van der Waals surface area contributed by atoms with E-state index in [1.54, 1.807) is 19.2 Å². The molecule has 0 aliphatic heterocycles. The first-order valence-electron chi connectivity index (χ1n) is 5.09. The van der Waals surface area contributed by atoms with Crippen molar-refractivity contribution in [3.63, 3.8) is 0 Å². The number of hydrogen-bond acceptors (Lipinski definition) is 4. The van der Waals surface area contributed by atoms with Gasteiger partial charge in [-0.25, -0.2) is 9.37 Å². The lowest BCUT2D eigenvalue weighted by atomic mass is 9.99. The van der Waals surface area contributed by atoms with Gasteiger partial charge in [-0.15, -0.1) is 0 Å². The number of halogens is 1. The monoisotopic (exact) mass is 233 g/mol. The third-order valence-electron chi connectivity index (χ3n) is 2.61. The lowest BCUT2D eigenvalue weighted by Gasteiger charge is -2.15. The largest absolute Gasteiger partial charge is 0.383 e. The van der Waals surface area contributed by atoms with Crippen LogP contribution in [0.5, 0.6) is 0 Å². The summed E-state index contributed by atoms with van der Waals surface area (Å²) in [4.78, 5) is 7.53. The standard InChI is InChI=1S/C12H12FN3O/c1-7-2-5-16-12(14)10(7)11(17)8-3-4-15-6-9(8)13/h2-6,11,17H,1H3,(H2,14,16). The first-order valence-corrected chi connectivity index (χ1v) is 5.09. The molecule has 2 aromatic rings. The molecule has 3 N–H and O–H groups in total. The molecule has 0 aliphatic carbocycles. The minimum Gasteiger partial charge on any atom is -0.383 e. The van der Waals surface area contributed by atoms with Crippen LogP contribution >= 0.6 is 0 Å². The van der Waals surface area contributed by atoms with Gasteiger partial charge in [0.25, 0.3) is 0 Å². The fraction of sp³-hybridized carbons (Fsp3) is 0.167. The van der Waals surface area contributed by atoms with Crippen LogP contribution in [0.3, 0.4) is 0 Å². The molecule has 0 radical (unpaired) electrons. The van der Waals surface area contributed by atoms with Crippen molar-refractivity contribution in [2.75, 3.05) is 5.73 Å². The number of aryl methyl sites for hydroxylation is 1.